The molecule has 21 heavy (non-hydrogen) atoms. The summed E-state index contributed by atoms with van der Waals surface area (Å²) in [6.07, 6.45) is 4.65. The van der Waals surface area contributed by atoms with E-state index in [1.807, 2.05) is 12.1 Å². The average molecular weight is 299 g/mol. The van der Waals surface area contributed by atoms with Crippen molar-refractivity contribution in [3.63, 3.8) is 0 Å². The van der Waals surface area contributed by atoms with Gasteiger partial charge in [-0.1, -0.05) is 48.0 Å². The van der Waals surface area contributed by atoms with E-state index in [1.165, 1.54) is 16.7 Å². The van der Waals surface area contributed by atoms with Crippen molar-refractivity contribution >= 4 is 17.4 Å². The predicted molar refractivity (Wildman–Crippen MR) is 87.6 cm³/mol. The van der Waals surface area contributed by atoms with Crippen LogP contribution in [0.4, 0.5) is 0 Å². The molecule has 0 saturated heterocycles. The number of carbonyl (C=O) groups is 1. The smallest absolute Gasteiger partial charge is 0.132 e. The first-order valence-electron chi connectivity index (χ1n) is 7.58. The maximum absolute atomic E-state index is 11.4. The number of halogens is 1. The lowest BCUT2D eigenvalue weighted by Crippen LogP contribution is -2.16. The Labute approximate surface area is 131 Å². The molecule has 1 fully saturated rings. The highest BCUT2D eigenvalue weighted by Crippen LogP contribution is 2.31. The van der Waals surface area contributed by atoms with E-state index >= 15 is 0 Å². The first kappa shape index (κ1) is 14.3. The molecule has 0 aliphatic heterocycles. The van der Waals surface area contributed by atoms with E-state index in [0.29, 0.717) is 11.7 Å². The lowest BCUT2D eigenvalue weighted by Gasteiger charge is -2.22. The van der Waals surface area contributed by atoms with E-state index in [-0.39, 0.29) is 0 Å². The van der Waals surface area contributed by atoms with Crippen molar-refractivity contribution in [3.8, 4) is 11.1 Å². The Hall–Kier alpha value is -1.60. The fourth-order valence-electron chi connectivity index (χ4n) is 3.12. The van der Waals surface area contributed by atoms with Crippen LogP contribution in [-0.4, -0.2) is 5.78 Å². The molecule has 2 aromatic carbocycles. The molecule has 1 aliphatic carbocycles. The van der Waals surface area contributed by atoms with E-state index < -0.39 is 0 Å². The Morgan fingerprint density at radius 2 is 1.62 bits per heavy atom. The van der Waals surface area contributed by atoms with Crippen molar-refractivity contribution < 1.29 is 4.79 Å². The number of Topliss-reactive ketones (excluding diaryl/α,β-unsaturated/α-hetero) is 1. The molecule has 2 aromatic rings. The van der Waals surface area contributed by atoms with Gasteiger partial charge in [-0.15, -0.1) is 0 Å². The lowest BCUT2D eigenvalue weighted by molar-refractivity contribution is -0.120. The number of rotatable bonds is 3. The highest BCUT2D eigenvalue weighted by Gasteiger charge is 2.20. The third-order valence-corrected chi connectivity index (χ3v) is 4.60. The van der Waals surface area contributed by atoms with Crippen LogP contribution < -0.4 is 0 Å². The normalized spacial score (nSPS) is 16.1. The Balaban J connectivity index is 1.82. The number of ketones is 1. The van der Waals surface area contributed by atoms with Crippen LogP contribution in [0, 0.1) is 5.92 Å². The highest BCUT2D eigenvalue weighted by molar-refractivity contribution is 6.30. The Kier molecular flexibility index (Phi) is 4.40. The summed E-state index contributed by atoms with van der Waals surface area (Å²) < 4.78 is 0. The summed E-state index contributed by atoms with van der Waals surface area (Å²) in [5, 5.41) is 0.766. The molecular weight excluding hydrogens is 280 g/mol. The lowest BCUT2D eigenvalue weighted by atomic mass is 9.82. The van der Waals surface area contributed by atoms with Gasteiger partial charge in [0.2, 0.25) is 0 Å². The average Bonchev–Trinajstić information content (AvgIpc) is 2.51. The molecule has 1 aliphatic rings. The molecule has 0 N–H and O–H groups in total. The predicted octanol–water partition coefficient (Wildman–Crippen LogP) is 5.31. The van der Waals surface area contributed by atoms with Gasteiger partial charge in [0.05, 0.1) is 0 Å². The zero-order valence-electron chi connectivity index (χ0n) is 12.0. The number of hydrogen-bond donors (Lipinski definition) is 0. The Morgan fingerprint density at radius 1 is 0.952 bits per heavy atom. The van der Waals surface area contributed by atoms with Crippen LogP contribution >= 0.6 is 11.6 Å². The fourth-order valence-corrected chi connectivity index (χ4v) is 3.25. The van der Waals surface area contributed by atoms with Gasteiger partial charge in [-0.2, -0.15) is 0 Å². The SMILES string of the molecule is O=C1CCC(Cc2ccccc2-c2ccc(Cl)cc2)CC1. The summed E-state index contributed by atoms with van der Waals surface area (Å²) in [7, 11) is 0. The molecule has 0 radical (unpaired) electrons. The fraction of sp³-hybridized carbons (Fsp3) is 0.316. The maximum atomic E-state index is 11.4. The van der Waals surface area contributed by atoms with Crippen molar-refractivity contribution in [1.82, 2.24) is 0 Å². The quantitative estimate of drug-likeness (QED) is 0.750. The minimum Gasteiger partial charge on any atom is -0.300 e. The van der Waals surface area contributed by atoms with Crippen molar-refractivity contribution in [1.29, 1.82) is 0 Å². The first-order chi connectivity index (χ1) is 10.2. The van der Waals surface area contributed by atoms with Gasteiger partial charge < -0.3 is 0 Å². The topological polar surface area (TPSA) is 17.1 Å². The van der Waals surface area contributed by atoms with Crippen LogP contribution in [0.15, 0.2) is 48.5 Å². The molecule has 0 atom stereocenters. The third-order valence-electron chi connectivity index (χ3n) is 4.34. The molecule has 1 nitrogen and oxygen atoms in total. The Morgan fingerprint density at radius 3 is 2.33 bits per heavy atom. The van der Waals surface area contributed by atoms with Crippen LogP contribution in [0.1, 0.15) is 31.2 Å². The zero-order chi connectivity index (χ0) is 14.7. The van der Waals surface area contributed by atoms with Gasteiger partial charge >= 0.3 is 0 Å². The zero-order valence-corrected chi connectivity index (χ0v) is 12.8. The number of benzene rings is 2. The number of hydrogen-bond acceptors (Lipinski definition) is 1. The molecular formula is C19H19ClO. The second kappa shape index (κ2) is 6.44. The van der Waals surface area contributed by atoms with Crippen LogP contribution in [-0.2, 0) is 11.2 Å². The largest absolute Gasteiger partial charge is 0.300 e. The number of carbonyl (C=O) groups excluding carboxylic acids is 1. The monoisotopic (exact) mass is 298 g/mol. The summed E-state index contributed by atoms with van der Waals surface area (Å²) in [5.74, 6) is 1.06. The van der Waals surface area contributed by atoms with Gasteiger partial charge in [0.15, 0.2) is 0 Å². The summed E-state index contributed by atoms with van der Waals surface area (Å²) in [6, 6.07) is 16.6. The summed E-state index contributed by atoms with van der Waals surface area (Å²) in [4.78, 5) is 11.4. The van der Waals surface area contributed by atoms with Gasteiger partial charge in [0.1, 0.15) is 5.78 Å². The van der Waals surface area contributed by atoms with Crippen molar-refractivity contribution in [2.45, 2.75) is 32.1 Å². The van der Waals surface area contributed by atoms with Crippen LogP contribution in [0.5, 0.6) is 0 Å². The Bertz CT molecular complexity index is 620. The summed E-state index contributed by atoms with van der Waals surface area (Å²) in [5.41, 5.74) is 3.87. The molecule has 3 rings (SSSR count). The van der Waals surface area contributed by atoms with E-state index in [4.69, 9.17) is 11.6 Å². The molecule has 0 aromatic heterocycles. The molecule has 0 heterocycles. The van der Waals surface area contributed by atoms with Crippen LogP contribution in [0.2, 0.25) is 5.02 Å². The maximum Gasteiger partial charge on any atom is 0.132 e. The first-order valence-corrected chi connectivity index (χ1v) is 7.96. The van der Waals surface area contributed by atoms with Crippen molar-refractivity contribution in [2.24, 2.45) is 5.92 Å². The van der Waals surface area contributed by atoms with Gasteiger partial charge in [-0.05, 0) is 54.0 Å². The van der Waals surface area contributed by atoms with Crippen LogP contribution in [0.25, 0.3) is 11.1 Å². The molecule has 0 spiro atoms. The van der Waals surface area contributed by atoms with Gasteiger partial charge in [0.25, 0.3) is 0 Å². The van der Waals surface area contributed by atoms with Gasteiger partial charge in [-0.3, -0.25) is 4.79 Å². The van der Waals surface area contributed by atoms with E-state index in [1.54, 1.807) is 0 Å². The minimum absolute atomic E-state index is 0.428. The van der Waals surface area contributed by atoms with Crippen molar-refractivity contribution in [2.75, 3.05) is 0 Å². The molecule has 0 amide bonds. The van der Waals surface area contributed by atoms with Crippen LogP contribution in [0.3, 0.4) is 0 Å². The van der Waals surface area contributed by atoms with Gasteiger partial charge in [0, 0.05) is 17.9 Å². The molecule has 0 unspecified atom stereocenters. The second-order valence-electron chi connectivity index (χ2n) is 5.85. The minimum atomic E-state index is 0.428. The summed E-state index contributed by atoms with van der Waals surface area (Å²) in [6.45, 7) is 0. The van der Waals surface area contributed by atoms with E-state index in [2.05, 4.69) is 36.4 Å². The van der Waals surface area contributed by atoms with E-state index in [9.17, 15) is 4.79 Å². The van der Waals surface area contributed by atoms with Gasteiger partial charge in [-0.25, -0.2) is 0 Å². The molecule has 2 heteroatoms. The highest BCUT2D eigenvalue weighted by atomic mass is 35.5. The standard InChI is InChI=1S/C19H19ClO/c20-17-9-7-15(8-10-17)19-4-2-1-3-16(19)13-14-5-11-18(21)12-6-14/h1-4,7-10,14H,5-6,11-13H2. The molecule has 1 saturated carbocycles. The molecule has 0 bridgehead atoms. The van der Waals surface area contributed by atoms with Crippen molar-refractivity contribution in [3.05, 3.63) is 59.1 Å². The molecule has 108 valence electrons. The van der Waals surface area contributed by atoms with E-state index in [0.717, 1.165) is 37.1 Å². The third kappa shape index (κ3) is 3.54. The summed E-state index contributed by atoms with van der Waals surface area (Å²) >= 11 is 5.98. The second-order valence-corrected chi connectivity index (χ2v) is 6.29.